The summed E-state index contributed by atoms with van der Waals surface area (Å²) in [5, 5.41) is 12.9. The van der Waals surface area contributed by atoms with E-state index in [1.807, 2.05) is 11.9 Å². The molecule has 4 rings (SSSR count). The van der Waals surface area contributed by atoms with Crippen LogP contribution in [-0.4, -0.2) is 44.2 Å². The van der Waals surface area contributed by atoms with E-state index in [1.54, 1.807) is 12.3 Å². The summed E-state index contributed by atoms with van der Waals surface area (Å²) in [5.74, 6) is 0.580. The van der Waals surface area contributed by atoms with Crippen LogP contribution in [-0.2, 0) is 0 Å². The smallest absolute Gasteiger partial charge is 0.226 e. The molecule has 0 spiro atoms. The van der Waals surface area contributed by atoms with E-state index in [-0.39, 0.29) is 17.2 Å². The summed E-state index contributed by atoms with van der Waals surface area (Å²) in [5.41, 5.74) is 1.76. The van der Waals surface area contributed by atoms with Crippen molar-refractivity contribution in [2.45, 2.75) is 37.8 Å². The molecule has 3 aromatic rings. The van der Waals surface area contributed by atoms with Gasteiger partial charge < -0.3 is 15.3 Å². The monoisotopic (exact) mass is 402 g/mol. The average molecular weight is 403 g/mol. The number of anilines is 3. The Labute approximate surface area is 166 Å². The molecule has 0 aliphatic heterocycles. The zero-order chi connectivity index (χ0) is 19.7. The first-order valence-electron chi connectivity index (χ1n) is 9.12. The molecule has 0 radical (unpaired) electrons. The number of nitrogens with zero attached hydrogens (tertiary/aromatic N) is 5. The van der Waals surface area contributed by atoms with Crippen molar-refractivity contribution in [1.29, 1.82) is 0 Å². The lowest BCUT2D eigenvalue weighted by atomic mass is 9.92. The van der Waals surface area contributed by atoms with E-state index in [0.717, 1.165) is 25.7 Å². The van der Waals surface area contributed by atoms with E-state index in [2.05, 4.69) is 25.3 Å². The van der Waals surface area contributed by atoms with Gasteiger partial charge in [-0.25, -0.2) is 24.3 Å². The Kier molecular flexibility index (Phi) is 5.23. The molecule has 1 aromatic carbocycles. The Morgan fingerprint density at radius 1 is 1.18 bits per heavy atom. The van der Waals surface area contributed by atoms with Gasteiger partial charge in [-0.3, -0.25) is 0 Å². The Balaban J connectivity index is 1.64. The van der Waals surface area contributed by atoms with E-state index in [4.69, 9.17) is 11.6 Å². The number of hydrogen-bond donors (Lipinski definition) is 2. The van der Waals surface area contributed by atoms with Crippen molar-refractivity contribution in [2.75, 3.05) is 17.3 Å². The molecule has 28 heavy (non-hydrogen) atoms. The van der Waals surface area contributed by atoms with Crippen LogP contribution in [0.5, 0.6) is 0 Å². The van der Waals surface area contributed by atoms with E-state index in [9.17, 15) is 9.50 Å². The Morgan fingerprint density at radius 3 is 2.71 bits per heavy atom. The Hall–Kier alpha value is -2.58. The van der Waals surface area contributed by atoms with Gasteiger partial charge in [-0.15, -0.1) is 0 Å². The number of aliphatic hydroxyl groups excluding tert-OH is 1. The molecule has 146 valence electrons. The number of halogens is 2. The third-order valence-corrected chi connectivity index (χ3v) is 5.37. The van der Waals surface area contributed by atoms with Crippen LogP contribution in [0.2, 0.25) is 5.02 Å². The standard InChI is InChI=1S/C19H20ClFN6O/c1-27(12-3-5-13(28)6-4-12)19-22-9-16-17(26-19)18(24-10-23-16)25-11-2-7-15(21)14(20)8-11/h2,7-10,12-13,28H,3-6H2,1H3,(H,23,24,25). The fourth-order valence-corrected chi connectivity index (χ4v) is 3.61. The molecule has 2 aromatic heterocycles. The van der Waals surface area contributed by atoms with Crippen molar-refractivity contribution >= 4 is 40.1 Å². The minimum absolute atomic E-state index is 0.0258. The zero-order valence-electron chi connectivity index (χ0n) is 15.3. The van der Waals surface area contributed by atoms with Gasteiger partial charge in [0.05, 0.1) is 17.3 Å². The molecule has 0 amide bonds. The largest absolute Gasteiger partial charge is 0.393 e. The average Bonchev–Trinajstić information content (AvgIpc) is 2.71. The Bertz CT molecular complexity index is 995. The van der Waals surface area contributed by atoms with Crippen LogP contribution in [0.15, 0.2) is 30.7 Å². The second kappa shape index (κ2) is 7.81. The first-order chi connectivity index (χ1) is 13.5. The summed E-state index contributed by atoms with van der Waals surface area (Å²) >= 11 is 5.86. The van der Waals surface area contributed by atoms with Crippen LogP contribution in [0.25, 0.3) is 11.0 Å². The highest BCUT2D eigenvalue weighted by atomic mass is 35.5. The molecule has 7 nitrogen and oxygen atoms in total. The van der Waals surface area contributed by atoms with Crippen molar-refractivity contribution in [1.82, 2.24) is 19.9 Å². The van der Waals surface area contributed by atoms with Crippen LogP contribution >= 0.6 is 11.6 Å². The van der Waals surface area contributed by atoms with Crippen molar-refractivity contribution in [2.24, 2.45) is 0 Å². The third-order valence-electron chi connectivity index (χ3n) is 5.08. The molecule has 2 N–H and O–H groups in total. The summed E-state index contributed by atoms with van der Waals surface area (Å²) in [7, 11) is 1.96. The van der Waals surface area contributed by atoms with Crippen molar-refractivity contribution in [3.05, 3.63) is 41.6 Å². The van der Waals surface area contributed by atoms with E-state index in [1.165, 1.54) is 18.5 Å². The van der Waals surface area contributed by atoms with Crippen molar-refractivity contribution in [3.63, 3.8) is 0 Å². The maximum Gasteiger partial charge on any atom is 0.226 e. The lowest BCUT2D eigenvalue weighted by Crippen LogP contribution is -2.37. The topological polar surface area (TPSA) is 87.1 Å². The van der Waals surface area contributed by atoms with E-state index < -0.39 is 5.82 Å². The van der Waals surface area contributed by atoms with Gasteiger partial charge in [0.15, 0.2) is 5.82 Å². The molecule has 1 aliphatic rings. The molecule has 1 aliphatic carbocycles. The number of hydrogen-bond acceptors (Lipinski definition) is 7. The molecular weight excluding hydrogens is 383 g/mol. The number of benzene rings is 1. The molecular formula is C19H20ClFN6O. The van der Waals surface area contributed by atoms with Crippen LogP contribution in [0.1, 0.15) is 25.7 Å². The van der Waals surface area contributed by atoms with Crippen LogP contribution in [0.4, 0.5) is 21.8 Å². The van der Waals surface area contributed by atoms with Gasteiger partial charge >= 0.3 is 0 Å². The molecule has 2 heterocycles. The first kappa shape index (κ1) is 18.8. The number of fused-ring (bicyclic) bond motifs is 1. The quantitative estimate of drug-likeness (QED) is 0.688. The van der Waals surface area contributed by atoms with E-state index >= 15 is 0 Å². The molecule has 0 atom stereocenters. The molecule has 9 heteroatoms. The van der Waals surface area contributed by atoms with Crippen LogP contribution in [0, 0.1) is 5.82 Å². The predicted octanol–water partition coefficient (Wildman–Crippen LogP) is 3.70. The fourth-order valence-electron chi connectivity index (χ4n) is 3.43. The first-order valence-corrected chi connectivity index (χ1v) is 9.50. The molecule has 0 saturated heterocycles. The van der Waals surface area contributed by atoms with E-state index in [0.29, 0.717) is 28.5 Å². The lowest BCUT2D eigenvalue weighted by molar-refractivity contribution is 0.122. The molecule has 0 bridgehead atoms. The normalized spacial score (nSPS) is 19.6. The van der Waals surface area contributed by atoms with Crippen molar-refractivity contribution < 1.29 is 9.50 Å². The Morgan fingerprint density at radius 2 is 1.96 bits per heavy atom. The van der Waals surface area contributed by atoms with Gasteiger partial charge in [-0.05, 0) is 43.9 Å². The highest BCUT2D eigenvalue weighted by Crippen LogP contribution is 2.28. The van der Waals surface area contributed by atoms with Gasteiger partial charge in [-0.2, -0.15) is 0 Å². The summed E-state index contributed by atoms with van der Waals surface area (Å²) < 4.78 is 13.4. The second-order valence-corrected chi connectivity index (χ2v) is 7.36. The number of rotatable bonds is 4. The number of aromatic nitrogens is 4. The van der Waals surface area contributed by atoms with Crippen LogP contribution < -0.4 is 10.2 Å². The minimum Gasteiger partial charge on any atom is -0.393 e. The molecule has 1 saturated carbocycles. The third kappa shape index (κ3) is 3.83. The van der Waals surface area contributed by atoms with Gasteiger partial charge in [0.2, 0.25) is 5.95 Å². The van der Waals surface area contributed by atoms with Gasteiger partial charge in [0.25, 0.3) is 0 Å². The second-order valence-electron chi connectivity index (χ2n) is 6.95. The predicted molar refractivity (Wildman–Crippen MR) is 106 cm³/mol. The van der Waals surface area contributed by atoms with Gasteiger partial charge in [0, 0.05) is 18.8 Å². The molecule has 0 unspecified atom stereocenters. The van der Waals surface area contributed by atoms with Crippen LogP contribution in [0.3, 0.4) is 0 Å². The minimum atomic E-state index is -0.483. The molecule has 1 fully saturated rings. The van der Waals surface area contributed by atoms with Gasteiger partial charge in [0.1, 0.15) is 23.2 Å². The summed E-state index contributed by atoms with van der Waals surface area (Å²) in [6.45, 7) is 0. The highest BCUT2D eigenvalue weighted by molar-refractivity contribution is 6.31. The maximum absolute atomic E-state index is 13.4. The van der Waals surface area contributed by atoms with Crippen molar-refractivity contribution in [3.8, 4) is 0 Å². The summed E-state index contributed by atoms with van der Waals surface area (Å²) in [6, 6.07) is 4.64. The fraction of sp³-hybridized carbons (Fsp3) is 0.368. The number of nitrogens with one attached hydrogen (secondary N) is 1. The summed E-state index contributed by atoms with van der Waals surface area (Å²) in [4.78, 5) is 19.6. The highest BCUT2D eigenvalue weighted by Gasteiger charge is 2.24. The van der Waals surface area contributed by atoms with Gasteiger partial charge in [-0.1, -0.05) is 11.6 Å². The lowest BCUT2D eigenvalue weighted by Gasteiger charge is -2.33. The number of aliphatic hydroxyl groups is 1. The zero-order valence-corrected chi connectivity index (χ0v) is 16.1. The maximum atomic E-state index is 13.4. The summed E-state index contributed by atoms with van der Waals surface area (Å²) in [6.07, 6.45) is 6.22. The SMILES string of the molecule is CN(c1ncc2ncnc(Nc3ccc(F)c(Cl)c3)c2n1)C1CCC(O)CC1.